The molecule has 18 heavy (non-hydrogen) atoms. The lowest BCUT2D eigenvalue weighted by Gasteiger charge is -2.13. The lowest BCUT2D eigenvalue weighted by atomic mass is 10.0. The SMILES string of the molecule is CCCc1cc(NCC)c2cc(C)cc(C)c2n1. The number of nitrogens with one attached hydrogen (secondary N) is 1. The quantitative estimate of drug-likeness (QED) is 0.867. The monoisotopic (exact) mass is 242 g/mol. The van der Waals surface area contributed by atoms with Gasteiger partial charge in [0.05, 0.1) is 5.52 Å². The van der Waals surface area contributed by atoms with Gasteiger partial charge in [0.15, 0.2) is 0 Å². The number of benzene rings is 1. The number of nitrogens with zero attached hydrogens (tertiary/aromatic N) is 1. The lowest BCUT2D eigenvalue weighted by Crippen LogP contribution is -2.01. The van der Waals surface area contributed by atoms with Crippen LogP contribution in [0.15, 0.2) is 18.2 Å². The van der Waals surface area contributed by atoms with Gasteiger partial charge < -0.3 is 5.32 Å². The first-order valence-corrected chi connectivity index (χ1v) is 6.80. The second-order valence-corrected chi connectivity index (χ2v) is 4.92. The molecule has 0 aliphatic carbocycles. The molecule has 0 saturated heterocycles. The van der Waals surface area contributed by atoms with E-state index in [1.54, 1.807) is 0 Å². The van der Waals surface area contributed by atoms with Crippen LogP contribution in [-0.4, -0.2) is 11.5 Å². The van der Waals surface area contributed by atoms with E-state index < -0.39 is 0 Å². The number of fused-ring (bicyclic) bond motifs is 1. The summed E-state index contributed by atoms with van der Waals surface area (Å²) in [6.45, 7) is 9.56. The van der Waals surface area contributed by atoms with Crippen LogP contribution in [0.2, 0.25) is 0 Å². The summed E-state index contributed by atoms with van der Waals surface area (Å²) in [4.78, 5) is 4.81. The van der Waals surface area contributed by atoms with Gasteiger partial charge in [0.2, 0.25) is 0 Å². The van der Waals surface area contributed by atoms with E-state index in [4.69, 9.17) is 4.98 Å². The van der Waals surface area contributed by atoms with Gasteiger partial charge in [-0.2, -0.15) is 0 Å². The Labute approximate surface area is 109 Å². The van der Waals surface area contributed by atoms with Crippen LogP contribution < -0.4 is 5.32 Å². The van der Waals surface area contributed by atoms with Crippen molar-refractivity contribution >= 4 is 16.6 Å². The van der Waals surface area contributed by atoms with E-state index in [9.17, 15) is 0 Å². The van der Waals surface area contributed by atoms with Crippen molar-refractivity contribution in [2.45, 2.75) is 40.5 Å². The third kappa shape index (κ3) is 2.47. The molecular formula is C16H22N2. The number of rotatable bonds is 4. The van der Waals surface area contributed by atoms with Crippen molar-refractivity contribution in [3.63, 3.8) is 0 Å². The third-order valence-corrected chi connectivity index (χ3v) is 3.17. The smallest absolute Gasteiger partial charge is 0.0755 e. The average molecular weight is 242 g/mol. The first-order chi connectivity index (χ1) is 8.65. The number of hydrogen-bond acceptors (Lipinski definition) is 2. The summed E-state index contributed by atoms with van der Waals surface area (Å²) < 4.78 is 0. The Bertz CT molecular complexity index is 559. The van der Waals surface area contributed by atoms with Crippen molar-refractivity contribution in [2.75, 3.05) is 11.9 Å². The molecule has 0 fully saturated rings. The minimum atomic E-state index is 0.942. The molecule has 1 aromatic carbocycles. The molecule has 0 atom stereocenters. The molecule has 2 nitrogen and oxygen atoms in total. The van der Waals surface area contributed by atoms with Crippen molar-refractivity contribution in [1.29, 1.82) is 0 Å². The molecule has 0 aliphatic rings. The van der Waals surface area contributed by atoms with Gasteiger partial charge in [-0.1, -0.05) is 25.0 Å². The predicted molar refractivity (Wildman–Crippen MR) is 79.4 cm³/mol. The zero-order chi connectivity index (χ0) is 13.1. The Hall–Kier alpha value is -1.57. The lowest BCUT2D eigenvalue weighted by molar-refractivity contribution is 0.889. The summed E-state index contributed by atoms with van der Waals surface area (Å²) in [5, 5.41) is 4.71. The van der Waals surface area contributed by atoms with E-state index in [-0.39, 0.29) is 0 Å². The molecule has 0 unspecified atom stereocenters. The standard InChI is InChI=1S/C16H22N2/c1-5-7-13-10-15(17-6-2)14-9-11(3)8-12(4)16(14)18-13/h8-10H,5-7H2,1-4H3,(H,17,18). The Morgan fingerprint density at radius 1 is 1.11 bits per heavy atom. The zero-order valence-corrected chi connectivity index (χ0v) is 11.8. The van der Waals surface area contributed by atoms with Crippen LogP contribution in [0.5, 0.6) is 0 Å². The van der Waals surface area contributed by atoms with Crippen molar-refractivity contribution in [1.82, 2.24) is 4.98 Å². The first kappa shape index (κ1) is 12.9. The maximum Gasteiger partial charge on any atom is 0.0755 e. The molecule has 0 saturated carbocycles. The molecule has 2 rings (SSSR count). The Morgan fingerprint density at radius 2 is 1.89 bits per heavy atom. The number of pyridine rings is 1. The summed E-state index contributed by atoms with van der Waals surface area (Å²) in [7, 11) is 0. The van der Waals surface area contributed by atoms with Crippen LogP contribution in [0.1, 0.15) is 37.1 Å². The zero-order valence-electron chi connectivity index (χ0n) is 11.8. The number of aryl methyl sites for hydroxylation is 3. The van der Waals surface area contributed by atoms with Gasteiger partial charge in [0.25, 0.3) is 0 Å². The van der Waals surface area contributed by atoms with Gasteiger partial charge in [-0.05, 0) is 44.9 Å². The van der Waals surface area contributed by atoms with E-state index >= 15 is 0 Å². The highest BCUT2D eigenvalue weighted by molar-refractivity contribution is 5.93. The summed E-state index contributed by atoms with van der Waals surface area (Å²) >= 11 is 0. The van der Waals surface area contributed by atoms with Gasteiger partial charge in [-0.15, -0.1) is 0 Å². The fraction of sp³-hybridized carbons (Fsp3) is 0.438. The van der Waals surface area contributed by atoms with E-state index in [0.29, 0.717) is 0 Å². The van der Waals surface area contributed by atoms with Gasteiger partial charge in [-0.3, -0.25) is 4.98 Å². The first-order valence-electron chi connectivity index (χ1n) is 6.80. The normalized spacial score (nSPS) is 10.9. The van der Waals surface area contributed by atoms with Crippen molar-refractivity contribution in [2.24, 2.45) is 0 Å². The van der Waals surface area contributed by atoms with Crippen LogP contribution in [0, 0.1) is 13.8 Å². The molecular weight excluding hydrogens is 220 g/mol. The summed E-state index contributed by atoms with van der Waals surface area (Å²) in [5.74, 6) is 0. The van der Waals surface area contributed by atoms with Crippen molar-refractivity contribution in [3.8, 4) is 0 Å². The second kappa shape index (κ2) is 5.38. The molecule has 2 heteroatoms. The molecule has 1 heterocycles. The van der Waals surface area contributed by atoms with Gasteiger partial charge in [0.1, 0.15) is 0 Å². The maximum absolute atomic E-state index is 4.81. The summed E-state index contributed by atoms with van der Waals surface area (Å²) in [5.41, 5.74) is 6.11. The van der Waals surface area contributed by atoms with Crippen LogP contribution in [0.25, 0.3) is 10.9 Å². The fourth-order valence-electron chi connectivity index (χ4n) is 2.45. The van der Waals surface area contributed by atoms with Gasteiger partial charge in [0, 0.05) is 23.3 Å². The van der Waals surface area contributed by atoms with Crippen molar-refractivity contribution in [3.05, 3.63) is 35.0 Å². The summed E-state index contributed by atoms with van der Waals surface area (Å²) in [6, 6.07) is 6.64. The number of aromatic nitrogens is 1. The maximum atomic E-state index is 4.81. The minimum Gasteiger partial charge on any atom is -0.385 e. The predicted octanol–water partition coefficient (Wildman–Crippen LogP) is 4.24. The molecule has 0 amide bonds. The molecule has 0 radical (unpaired) electrons. The molecule has 1 aromatic heterocycles. The highest BCUT2D eigenvalue weighted by atomic mass is 14.9. The third-order valence-electron chi connectivity index (χ3n) is 3.17. The van der Waals surface area contributed by atoms with Gasteiger partial charge >= 0.3 is 0 Å². The Morgan fingerprint density at radius 3 is 2.56 bits per heavy atom. The number of hydrogen-bond donors (Lipinski definition) is 1. The molecule has 0 bridgehead atoms. The fourth-order valence-corrected chi connectivity index (χ4v) is 2.45. The average Bonchev–Trinajstić information content (AvgIpc) is 2.31. The van der Waals surface area contributed by atoms with E-state index in [2.05, 4.69) is 51.2 Å². The molecule has 2 aromatic rings. The van der Waals surface area contributed by atoms with Crippen LogP contribution in [-0.2, 0) is 6.42 Å². The van der Waals surface area contributed by atoms with Crippen molar-refractivity contribution < 1.29 is 0 Å². The largest absolute Gasteiger partial charge is 0.385 e. The van der Waals surface area contributed by atoms with E-state index in [1.807, 2.05) is 0 Å². The van der Waals surface area contributed by atoms with Crippen LogP contribution >= 0.6 is 0 Å². The van der Waals surface area contributed by atoms with Crippen LogP contribution in [0.3, 0.4) is 0 Å². The molecule has 96 valence electrons. The molecule has 0 spiro atoms. The van der Waals surface area contributed by atoms with E-state index in [1.165, 1.54) is 27.9 Å². The minimum absolute atomic E-state index is 0.942. The number of anilines is 1. The highest BCUT2D eigenvalue weighted by Crippen LogP contribution is 2.27. The van der Waals surface area contributed by atoms with Crippen LogP contribution in [0.4, 0.5) is 5.69 Å². The van der Waals surface area contributed by atoms with E-state index in [0.717, 1.165) is 24.9 Å². The molecule has 0 aliphatic heterocycles. The Balaban J connectivity index is 2.68. The molecule has 1 N–H and O–H groups in total. The van der Waals surface area contributed by atoms with Gasteiger partial charge in [-0.25, -0.2) is 0 Å². The highest BCUT2D eigenvalue weighted by Gasteiger charge is 2.08. The topological polar surface area (TPSA) is 24.9 Å². The Kier molecular flexibility index (Phi) is 3.85. The second-order valence-electron chi connectivity index (χ2n) is 4.92. The summed E-state index contributed by atoms with van der Waals surface area (Å²) in [6.07, 6.45) is 2.18.